The first-order valence-corrected chi connectivity index (χ1v) is 17.6. The minimum absolute atomic E-state index is 1.18. The summed E-state index contributed by atoms with van der Waals surface area (Å²) in [5.74, 6) is 0. The molecule has 0 saturated carbocycles. The number of benzene rings is 8. The van der Waals surface area contributed by atoms with Gasteiger partial charge < -0.3 is 4.57 Å². The zero-order valence-electron chi connectivity index (χ0n) is 27.4. The number of aryl methyl sites for hydroxylation is 1. The van der Waals surface area contributed by atoms with Crippen LogP contribution in [0.15, 0.2) is 164 Å². The summed E-state index contributed by atoms with van der Waals surface area (Å²) in [4.78, 5) is 0. The van der Waals surface area contributed by atoms with Gasteiger partial charge >= 0.3 is 0 Å². The second-order valence-electron chi connectivity index (χ2n) is 13.5. The van der Waals surface area contributed by atoms with Crippen LogP contribution in [0.25, 0.3) is 82.4 Å². The van der Waals surface area contributed by atoms with E-state index < -0.39 is 0 Å². The van der Waals surface area contributed by atoms with Gasteiger partial charge in [0.2, 0.25) is 0 Å². The molecule has 0 amide bonds. The Morgan fingerprint density at radius 2 is 0.918 bits per heavy atom. The molecule has 0 aliphatic heterocycles. The second-order valence-corrected chi connectivity index (χ2v) is 13.5. The number of fused-ring (bicyclic) bond motifs is 6. The molecule has 0 atom stereocenters. The largest absolute Gasteiger partial charge is 0.309 e. The van der Waals surface area contributed by atoms with Crippen molar-refractivity contribution in [2.24, 2.45) is 0 Å². The van der Waals surface area contributed by atoms with Gasteiger partial charge in [-0.15, -0.1) is 0 Å². The van der Waals surface area contributed by atoms with Gasteiger partial charge in [-0.25, -0.2) is 0 Å². The van der Waals surface area contributed by atoms with E-state index in [0.717, 1.165) is 0 Å². The molecule has 1 aromatic heterocycles. The number of hydrogen-bond acceptors (Lipinski definition) is 0. The van der Waals surface area contributed by atoms with Crippen molar-refractivity contribution >= 4 is 43.4 Å². The minimum atomic E-state index is 1.18. The maximum atomic E-state index is 2.44. The lowest BCUT2D eigenvalue weighted by Crippen LogP contribution is -2.04. The monoisotopic (exact) mass is 625 g/mol. The molecular formula is C48H35N. The first-order chi connectivity index (χ1) is 24.3. The van der Waals surface area contributed by atoms with Gasteiger partial charge in [-0.05, 0) is 122 Å². The zero-order valence-corrected chi connectivity index (χ0v) is 27.4. The highest BCUT2D eigenvalue weighted by Gasteiger charge is 2.19. The Labute approximate surface area is 286 Å². The molecular weight excluding hydrogens is 591 g/mol. The summed E-state index contributed by atoms with van der Waals surface area (Å²) in [5.41, 5.74) is 14.5. The van der Waals surface area contributed by atoms with Gasteiger partial charge in [-0.3, -0.25) is 0 Å². The van der Waals surface area contributed by atoms with Crippen molar-refractivity contribution in [2.45, 2.75) is 25.7 Å². The molecule has 1 aliphatic carbocycles. The van der Waals surface area contributed by atoms with Crippen LogP contribution in [-0.2, 0) is 12.8 Å². The summed E-state index contributed by atoms with van der Waals surface area (Å²) in [7, 11) is 0. The molecule has 0 N–H and O–H groups in total. The fourth-order valence-corrected chi connectivity index (χ4v) is 8.60. The molecule has 49 heavy (non-hydrogen) atoms. The number of aromatic nitrogens is 1. The van der Waals surface area contributed by atoms with Gasteiger partial charge in [0.15, 0.2) is 0 Å². The Kier molecular flexibility index (Phi) is 6.52. The van der Waals surface area contributed by atoms with E-state index in [1.54, 1.807) is 5.56 Å². The third kappa shape index (κ3) is 4.46. The van der Waals surface area contributed by atoms with Crippen molar-refractivity contribution in [3.63, 3.8) is 0 Å². The number of rotatable bonds is 4. The molecule has 10 rings (SSSR count). The Morgan fingerprint density at radius 1 is 0.367 bits per heavy atom. The predicted molar refractivity (Wildman–Crippen MR) is 209 cm³/mol. The summed E-state index contributed by atoms with van der Waals surface area (Å²) in [5, 5.41) is 7.72. The molecule has 232 valence electrons. The molecule has 0 fully saturated rings. The third-order valence-corrected chi connectivity index (χ3v) is 10.8. The summed E-state index contributed by atoms with van der Waals surface area (Å²) in [6, 6.07) is 60.7. The van der Waals surface area contributed by atoms with Crippen LogP contribution in [0.2, 0.25) is 0 Å². The fourth-order valence-electron chi connectivity index (χ4n) is 8.60. The van der Waals surface area contributed by atoms with Crippen molar-refractivity contribution in [3.05, 3.63) is 175 Å². The third-order valence-electron chi connectivity index (χ3n) is 10.8. The van der Waals surface area contributed by atoms with E-state index in [1.807, 2.05) is 0 Å². The van der Waals surface area contributed by atoms with Gasteiger partial charge in [0.05, 0.1) is 11.0 Å². The number of para-hydroxylation sites is 1. The van der Waals surface area contributed by atoms with Gasteiger partial charge in [0.25, 0.3) is 0 Å². The standard InChI is InChI=1S/C48H35N/c1-2-14-33(15-3-1)47-40-19-6-8-21-42(40)48(43-22-9-7-20-41(43)47)34-25-28-36(29-26-34)49-45-24-11-10-18-39(45)44-31-35(27-30-46(44)49)38-23-12-16-32-13-4-5-17-37(32)38/h1-3,6-12,14-16,18-31H,4-5,13,17H2. The van der Waals surface area contributed by atoms with Crippen molar-refractivity contribution in [2.75, 3.05) is 0 Å². The first kappa shape index (κ1) is 28.1. The summed E-state index contributed by atoms with van der Waals surface area (Å²) in [6.07, 6.45) is 4.96. The normalized spacial score (nSPS) is 13.0. The van der Waals surface area contributed by atoms with Crippen LogP contribution in [0.3, 0.4) is 0 Å². The first-order valence-electron chi connectivity index (χ1n) is 17.6. The zero-order chi connectivity index (χ0) is 32.3. The summed E-state index contributed by atoms with van der Waals surface area (Å²) in [6.45, 7) is 0. The summed E-state index contributed by atoms with van der Waals surface area (Å²) < 4.78 is 2.44. The molecule has 0 bridgehead atoms. The molecule has 1 heterocycles. The Balaban J connectivity index is 1.14. The molecule has 1 nitrogen and oxygen atoms in total. The summed E-state index contributed by atoms with van der Waals surface area (Å²) >= 11 is 0. The van der Waals surface area contributed by atoms with Crippen LogP contribution >= 0.6 is 0 Å². The van der Waals surface area contributed by atoms with Crippen LogP contribution in [0.1, 0.15) is 24.0 Å². The Morgan fingerprint density at radius 3 is 1.61 bits per heavy atom. The highest BCUT2D eigenvalue weighted by molar-refractivity contribution is 6.21. The smallest absolute Gasteiger partial charge is 0.0541 e. The van der Waals surface area contributed by atoms with E-state index >= 15 is 0 Å². The van der Waals surface area contributed by atoms with Crippen LogP contribution < -0.4 is 0 Å². The van der Waals surface area contributed by atoms with Crippen molar-refractivity contribution in [3.8, 4) is 39.1 Å². The molecule has 1 aliphatic rings. The van der Waals surface area contributed by atoms with E-state index in [-0.39, 0.29) is 0 Å². The van der Waals surface area contributed by atoms with Crippen LogP contribution in [0.4, 0.5) is 0 Å². The molecule has 0 unspecified atom stereocenters. The number of hydrogen-bond donors (Lipinski definition) is 0. The van der Waals surface area contributed by atoms with E-state index in [9.17, 15) is 0 Å². The van der Waals surface area contributed by atoms with E-state index in [4.69, 9.17) is 0 Å². The highest BCUT2D eigenvalue weighted by atomic mass is 15.0. The molecule has 0 saturated heterocycles. The van der Waals surface area contributed by atoms with Crippen molar-refractivity contribution in [1.29, 1.82) is 0 Å². The topological polar surface area (TPSA) is 4.93 Å². The maximum Gasteiger partial charge on any atom is 0.0541 e. The lowest BCUT2D eigenvalue weighted by molar-refractivity contribution is 0.687. The molecule has 1 heteroatoms. The average molecular weight is 626 g/mol. The molecule has 9 aromatic rings. The molecule has 0 spiro atoms. The van der Waals surface area contributed by atoms with Crippen LogP contribution in [0, 0.1) is 0 Å². The number of nitrogens with zero attached hydrogens (tertiary/aromatic N) is 1. The fraction of sp³-hybridized carbons (Fsp3) is 0.0833. The quantitative estimate of drug-likeness (QED) is 0.172. The van der Waals surface area contributed by atoms with E-state index in [0.29, 0.717) is 0 Å². The highest BCUT2D eigenvalue weighted by Crippen LogP contribution is 2.44. The van der Waals surface area contributed by atoms with Crippen molar-refractivity contribution < 1.29 is 0 Å². The van der Waals surface area contributed by atoms with Crippen LogP contribution in [0.5, 0.6) is 0 Å². The molecule has 8 aromatic carbocycles. The van der Waals surface area contributed by atoms with Crippen LogP contribution in [-0.4, -0.2) is 4.57 Å². The maximum absolute atomic E-state index is 2.44. The lowest BCUT2D eigenvalue weighted by atomic mass is 9.86. The Hall–Kier alpha value is -5.92. The van der Waals surface area contributed by atoms with Crippen molar-refractivity contribution in [1.82, 2.24) is 4.57 Å². The lowest BCUT2D eigenvalue weighted by Gasteiger charge is -2.19. The van der Waals surface area contributed by atoms with Gasteiger partial charge in [0, 0.05) is 16.5 Å². The predicted octanol–water partition coefficient (Wildman–Crippen LogP) is 13.0. The van der Waals surface area contributed by atoms with E-state index in [1.165, 1.54) is 114 Å². The minimum Gasteiger partial charge on any atom is -0.309 e. The van der Waals surface area contributed by atoms with Gasteiger partial charge in [-0.1, -0.05) is 133 Å². The second kappa shape index (κ2) is 11.4. The average Bonchev–Trinajstić information content (AvgIpc) is 3.51. The Bertz CT molecular complexity index is 2640. The van der Waals surface area contributed by atoms with Gasteiger partial charge in [-0.2, -0.15) is 0 Å². The van der Waals surface area contributed by atoms with Gasteiger partial charge in [0.1, 0.15) is 0 Å². The molecule has 0 radical (unpaired) electrons. The van der Waals surface area contributed by atoms with E-state index in [2.05, 4.69) is 168 Å². The SMILES string of the molecule is c1ccc(-c2c3ccccc3c(-c3ccc(-n4c5ccccc5c5cc(-c6cccc7c6CCCC7)ccc54)cc3)c3ccccc23)cc1.